The van der Waals surface area contributed by atoms with E-state index in [0.29, 0.717) is 16.9 Å². The Hall–Kier alpha value is -2.10. The fourth-order valence-corrected chi connectivity index (χ4v) is 1.40. The number of nitrogen functional groups attached to an aromatic ring is 1. The summed E-state index contributed by atoms with van der Waals surface area (Å²) in [6.07, 6.45) is 1.54. The predicted octanol–water partition coefficient (Wildman–Crippen LogP) is 2.48. The molecule has 0 atom stereocenters. The molecule has 0 unspecified atom stereocenters. The number of nitrogens with zero attached hydrogens (tertiary/aromatic N) is 1. The van der Waals surface area contributed by atoms with E-state index < -0.39 is 5.82 Å². The van der Waals surface area contributed by atoms with Crippen LogP contribution in [0.3, 0.4) is 0 Å². The van der Waals surface area contributed by atoms with Crippen LogP contribution >= 0.6 is 0 Å². The highest BCUT2D eigenvalue weighted by Crippen LogP contribution is 2.24. The Morgan fingerprint density at radius 1 is 1.25 bits per heavy atom. The molecule has 0 saturated carbocycles. The first-order valence-corrected chi connectivity index (χ1v) is 4.76. The van der Waals surface area contributed by atoms with Crippen molar-refractivity contribution in [2.45, 2.75) is 0 Å². The van der Waals surface area contributed by atoms with Crippen molar-refractivity contribution in [3.05, 3.63) is 42.3 Å². The van der Waals surface area contributed by atoms with E-state index in [1.165, 1.54) is 19.4 Å². The molecule has 0 fully saturated rings. The smallest absolute Gasteiger partial charge is 0.165 e. The van der Waals surface area contributed by atoms with Gasteiger partial charge in [0.05, 0.1) is 24.7 Å². The van der Waals surface area contributed by atoms with Crippen LogP contribution in [0.15, 0.2) is 36.5 Å². The van der Waals surface area contributed by atoms with Crippen LogP contribution in [0.4, 0.5) is 10.1 Å². The fraction of sp³-hybridized carbons (Fsp3) is 0.0833. The van der Waals surface area contributed by atoms with Gasteiger partial charge in [0, 0.05) is 5.56 Å². The molecule has 0 amide bonds. The van der Waals surface area contributed by atoms with Gasteiger partial charge in [-0.05, 0) is 30.3 Å². The third kappa shape index (κ3) is 1.95. The maximum atomic E-state index is 13.4. The summed E-state index contributed by atoms with van der Waals surface area (Å²) in [5, 5.41) is 0. The van der Waals surface area contributed by atoms with Gasteiger partial charge in [0.2, 0.25) is 0 Å². The Balaban J connectivity index is 2.41. The van der Waals surface area contributed by atoms with Gasteiger partial charge in [0.15, 0.2) is 11.6 Å². The first kappa shape index (κ1) is 10.4. The average Bonchev–Trinajstić information content (AvgIpc) is 2.30. The number of rotatable bonds is 2. The van der Waals surface area contributed by atoms with E-state index in [4.69, 9.17) is 10.5 Å². The number of hydrogen-bond acceptors (Lipinski definition) is 3. The van der Waals surface area contributed by atoms with Gasteiger partial charge in [-0.1, -0.05) is 0 Å². The number of methoxy groups -OCH3 is 1. The van der Waals surface area contributed by atoms with Crippen LogP contribution in [0, 0.1) is 5.82 Å². The molecule has 2 N–H and O–H groups in total. The second-order valence-electron chi connectivity index (χ2n) is 3.33. The fourth-order valence-electron chi connectivity index (χ4n) is 1.40. The van der Waals surface area contributed by atoms with E-state index >= 15 is 0 Å². The standard InChI is InChI=1S/C12H11FN2O/c1-16-12-5-2-8(6-10(12)13)11-4-3-9(14)7-15-11/h2-7H,14H2,1H3. The lowest BCUT2D eigenvalue weighted by atomic mass is 10.1. The molecule has 82 valence electrons. The van der Waals surface area contributed by atoms with Gasteiger partial charge in [0.25, 0.3) is 0 Å². The number of halogens is 1. The van der Waals surface area contributed by atoms with Gasteiger partial charge in [-0.15, -0.1) is 0 Å². The second kappa shape index (κ2) is 4.18. The van der Waals surface area contributed by atoms with Crippen LogP contribution in [0.25, 0.3) is 11.3 Å². The van der Waals surface area contributed by atoms with Crippen molar-refractivity contribution in [3.63, 3.8) is 0 Å². The molecule has 0 aliphatic rings. The highest BCUT2D eigenvalue weighted by atomic mass is 19.1. The molecule has 16 heavy (non-hydrogen) atoms. The minimum atomic E-state index is -0.404. The minimum absolute atomic E-state index is 0.221. The zero-order valence-electron chi connectivity index (χ0n) is 8.77. The number of benzene rings is 1. The van der Waals surface area contributed by atoms with Crippen LogP contribution < -0.4 is 10.5 Å². The summed E-state index contributed by atoms with van der Waals surface area (Å²) in [7, 11) is 1.43. The molecule has 3 nitrogen and oxygen atoms in total. The highest BCUT2D eigenvalue weighted by molar-refractivity contribution is 5.61. The third-order valence-electron chi connectivity index (χ3n) is 2.23. The number of pyridine rings is 1. The van der Waals surface area contributed by atoms with Crippen LogP contribution in [0.5, 0.6) is 5.75 Å². The molecular formula is C12H11FN2O. The lowest BCUT2D eigenvalue weighted by Crippen LogP contribution is -1.91. The monoisotopic (exact) mass is 218 g/mol. The van der Waals surface area contributed by atoms with Crippen molar-refractivity contribution in [1.82, 2.24) is 4.98 Å². The van der Waals surface area contributed by atoms with Crippen molar-refractivity contribution in [2.75, 3.05) is 12.8 Å². The first-order chi connectivity index (χ1) is 7.70. The molecular weight excluding hydrogens is 207 g/mol. The minimum Gasteiger partial charge on any atom is -0.494 e. The topological polar surface area (TPSA) is 48.1 Å². The van der Waals surface area contributed by atoms with E-state index in [0.717, 1.165) is 0 Å². The first-order valence-electron chi connectivity index (χ1n) is 4.76. The molecule has 0 spiro atoms. The molecule has 1 aromatic heterocycles. The number of ether oxygens (including phenoxy) is 1. The van der Waals surface area contributed by atoms with Gasteiger partial charge in [-0.2, -0.15) is 0 Å². The molecule has 0 radical (unpaired) electrons. The van der Waals surface area contributed by atoms with Crippen LogP contribution in [-0.4, -0.2) is 12.1 Å². The van der Waals surface area contributed by atoms with Crippen molar-refractivity contribution >= 4 is 5.69 Å². The molecule has 2 rings (SSSR count). The zero-order valence-corrected chi connectivity index (χ0v) is 8.77. The second-order valence-corrected chi connectivity index (χ2v) is 3.33. The SMILES string of the molecule is COc1ccc(-c2ccc(N)cn2)cc1F. The molecule has 2 aromatic rings. The van der Waals surface area contributed by atoms with E-state index in [9.17, 15) is 4.39 Å². The van der Waals surface area contributed by atoms with E-state index in [1.54, 1.807) is 24.3 Å². The van der Waals surface area contributed by atoms with Crippen molar-refractivity contribution in [3.8, 4) is 17.0 Å². The predicted molar refractivity (Wildman–Crippen MR) is 60.6 cm³/mol. The molecule has 0 aliphatic heterocycles. The van der Waals surface area contributed by atoms with Gasteiger partial charge in [-0.25, -0.2) is 4.39 Å². The van der Waals surface area contributed by atoms with E-state index in [-0.39, 0.29) is 5.75 Å². The summed E-state index contributed by atoms with van der Waals surface area (Å²) < 4.78 is 18.3. The largest absolute Gasteiger partial charge is 0.494 e. The van der Waals surface area contributed by atoms with Crippen molar-refractivity contribution in [2.24, 2.45) is 0 Å². The van der Waals surface area contributed by atoms with Gasteiger partial charge < -0.3 is 10.5 Å². The Kier molecular flexibility index (Phi) is 2.72. The Labute approximate surface area is 92.7 Å². The Morgan fingerprint density at radius 3 is 2.62 bits per heavy atom. The summed E-state index contributed by atoms with van der Waals surface area (Å²) in [4.78, 5) is 4.11. The average molecular weight is 218 g/mol. The van der Waals surface area contributed by atoms with E-state index in [2.05, 4.69) is 4.98 Å². The van der Waals surface area contributed by atoms with Gasteiger partial charge in [-0.3, -0.25) is 4.98 Å². The van der Waals surface area contributed by atoms with Crippen molar-refractivity contribution < 1.29 is 9.13 Å². The summed E-state index contributed by atoms with van der Waals surface area (Å²) in [6.45, 7) is 0. The lowest BCUT2D eigenvalue weighted by Gasteiger charge is -2.04. The van der Waals surface area contributed by atoms with Crippen LogP contribution in [0.1, 0.15) is 0 Å². The molecule has 4 heteroatoms. The zero-order chi connectivity index (χ0) is 11.5. The molecule has 0 bridgehead atoms. The number of nitrogens with two attached hydrogens (primary N) is 1. The summed E-state index contributed by atoms with van der Waals surface area (Å²) >= 11 is 0. The lowest BCUT2D eigenvalue weighted by molar-refractivity contribution is 0.386. The van der Waals surface area contributed by atoms with E-state index in [1.807, 2.05) is 0 Å². The number of hydrogen-bond donors (Lipinski definition) is 1. The third-order valence-corrected chi connectivity index (χ3v) is 2.23. The number of aromatic nitrogens is 1. The van der Waals surface area contributed by atoms with Gasteiger partial charge in [0.1, 0.15) is 0 Å². The normalized spacial score (nSPS) is 10.1. The molecule has 0 aliphatic carbocycles. The quantitative estimate of drug-likeness (QED) is 0.842. The summed E-state index contributed by atoms with van der Waals surface area (Å²) in [5.41, 5.74) is 7.47. The maximum Gasteiger partial charge on any atom is 0.165 e. The highest BCUT2D eigenvalue weighted by Gasteiger charge is 2.05. The van der Waals surface area contributed by atoms with Gasteiger partial charge >= 0.3 is 0 Å². The van der Waals surface area contributed by atoms with Crippen molar-refractivity contribution in [1.29, 1.82) is 0 Å². The maximum absolute atomic E-state index is 13.4. The summed E-state index contributed by atoms with van der Waals surface area (Å²) in [6, 6.07) is 8.18. The molecule has 0 saturated heterocycles. The molecule has 1 heterocycles. The van der Waals surface area contributed by atoms with Crippen LogP contribution in [0.2, 0.25) is 0 Å². The van der Waals surface area contributed by atoms with Crippen LogP contribution in [-0.2, 0) is 0 Å². The number of anilines is 1. The Morgan fingerprint density at radius 2 is 2.06 bits per heavy atom. The molecule has 1 aromatic carbocycles. The summed E-state index contributed by atoms with van der Waals surface area (Å²) in [5.74, 6) is -0.183. The Bertz CT molecular complexity index is 497.